The molecule has 0 aromatic heterocycles. The van der Waals surface area contributed by atoms with Crippen molar-refractivity contribution in [1.82, 2.24) is 5.32 Å². The summed E-state index contributed by atoms with van der Waals surface area (Å²) in [6.07, 6.45) is 18.9. The van der Waals surface area contributed by atoms with Gasteiger partial charge in [0.05, 0.1) is 38.6 Å². The monoisotopic (exact) mass is 1170 g/mol. The van der Waals surface area contributed by atoms with Crippen molar-refractivity contribution in [2.24, 2.45) is 0 Å². The second-order valence-corrected chi connectivity index (χ2v) is 23.9. The van der Waals surface area contributed by atoms with Crippen LogP contribution in [0.5, 0.6) is 0 Å². The van der Waals surface area contributed by atoms with Crippen LogP contribution in [0.15, 0.2) is 0 Å². The molecule has 3 heterocycles. The Hall–Kier alpha value is -1.21. The lowest BCUT2D eigenvalue weighted by Crippen LogP contribution is -2.66. The van der Waals surface area contributed by atoms with Crippen LogP contribution in [0.1, 0.15) is 258 Å². The Morgan fingerprint density at radius 1 is 0.395 bits per heavy atom. The molecule has 0 radical (unpaired) electrons. The van der Waals surface area contributed by atoms with E-state index in [1.165, 1.54) is 180 Å². The summed E-state index contributed by atoms with van der Waals surface area (Å²) in [5.74, 6) is -0.237. The number of carbonyl (C=O) groups excluding carboxylic acids is 1. The molecule has 81 heavy (non-hydrogen) atoms. The molecule has 0 aromatic rings. The van der Waals surface area contributed by atoms with Gasteiger partial charge in [0.1, 0.15) is 73.2 Å². The molecule has 3 rings (SSSR count). The van der Waals surface area contributed by atoms with Gasteiger partial charge in [0.15, 0.2) is 18.9 Å². The van der Waals surface area contributed by atoms with Crippen LogP contribution in [0.3, 0.4) is 0 Å². The summed E-state index contributed by atoms with van der Waals surface area (Å²) in [5, 5.41) is 120. The van der Waals surface area contributed by atoms with E-state index in [4.69, 9.17) is 28.4 Å². The Morgan fingerprint density at radius 3 is 1.07 bits per heavy atom. The Kier molecular flexibility index (Phi) is 42.1. The lowest BCUT2D eigenvalue weighted by Gasteiger charge is -2.48. The van der Waals surface area contributed by atoms with Crippen LogP contribution in [0.25, 0.3) is 0 Å². The zero-order valence-corrected chi connectivity index (χ0v) is 50.3. The third-order valence-corrected chi connectivity index (χ3v) is 16.9. The quantitative estimate of drug-likeness (QED) is 0.0269. The minimum atomic E-state index is -1.97. The van der Waals surface area contributed by atoms with Crippen molar-refractivity contribution in [3.63, 3.8) is 0 Å². The van der Waals surface area contributed by atoms with E-state index in [2.05, 4.69) is 19.2 Å². The van der Waals surface area contributed by atoms with E-state index in [0.717, 1.165) is 44.9 Å². The molecule has 0 aromatic carbocycles. The molecule has 3 saturated heterocycles. The summed E-state index contributed by atoms with van der Waals surface area (Å²) in [6.45, 7) is 1.83. The molecule has 0 bridgehead atoms. The normalized spacial score (nSPS) is 29.7. The van der Waals surface area contributed by atoms with Gasteiger partial charge in [-0.05, 0) is 12.8 Å². The van der Waals surface area contributed by atoms with E-state index in [1.807, 2.05) is 0 Å². The van der Waals surface area contributed by atoms with Gasteiger partial charge in [-0.15, -0.1) is 0 Å². The van der Waals surface area contributed by atoms with E-state index in [1.54, 1.807) is 0 Å². The predicted molar refractivity (Wildman–Crippen MR) is 310 cm³/mol. The van der Waals surface area contributed by atoms with Crippen LogP contribution in [0, 0.1) is 0 Å². The Labute approximate surface area is 487 Å². The number of ether oxygens (including phenoxy) is 6. The Bertz CT molecular complexity index is 1490. The van der Waals surface area contributed by atoms with Gasteiger partial charge in [-0.3, -0.25) is 4.79 Å². The van der Waals surface area contributed by atoms with Crippen molar-refractivity contribution >= 4 is 5.91 Å². The zero-order chi connectivity index (χ0) is 59.0. The SMILES string of the molecule is CCCCCCCCCCCCCCCCCCCCCCC(O)C(COC1OC(CO)C(OC2OC(CO)C(OC3OC(CO)C(O)C(O)C3O)C(O)C2O)C(O)C1O)NC(=O)CCCCCCCCCCCCCCCCCC. The first-order valence-corrected chi connectivity index (χ1v) is 32.8. The Morgan fingerprint density at radius 2 is 0.704 bits per heavy atom. The van der Waals surface area contributed by atoms with Crippen molar-refractivity contribution in [3.05, 3.63) is 0 Å². The predicted octanol–water partition coefficient (Wildman–Crippen LogP) is 7.16. The van der Waals surface area contributed by atoms with Crippen molar-refractivity contribution < 1.29 is 89.4 Å². The number of hydrogen-bond donors (Lipinski definition) is 12. The lowest BCUT2D eigenvalue weighted by atomic mass is 9.96. The third kappa shape index (κ3) is 29.4. The molecule has 19 nitrogen and oxygen atoms in total. The minimum Gasteiger partial charge on any atom is -0.394 e. The maximum Gasteiger partial charge on any atom is 0.220 e. The fourth-order valence-corrected chi connectivity index (χ4v) is 11.6. The number of hydrogen-bond acceptors (Lipinski definition) is 18. The smallest absolute Gasteiger partial charge is 0.220 e. The molecule has 17 unspecified atom stereocenters. The fraction of sp³-hybridized carbons (Fsp3) is 0.984. The topological polar surface area (TPSA) is 307 Å². The van der Waals surface area contributed by atoms with Gasteiger partial charge in [0, 0.05) is 6.42 Å². The number of amides is 1. The molecule has 0 spiro atoms. The molecule has 12 N–H and O–H groups in total. The highest BCUT2D eigenvalue weighted by Crippen LogP contribution is 2.33. The van der Waals surface area contributed by atoms with Crippen LogP contribution >= 0.6 is 0 Å². The van der Waals surface area contributed by atoms with Crippen LogP contribution in [0.2, 0.25) is 0 Å². The fourth-order valence-electron chi connectivity index (χ4n) is 11.6. The standard InChI is InChI=1S/C62H119NO18/c1-3-5-7-9-11-13-15-17-19-21-22-23-24-25-27-29-31-33-35-37-39-46(67)45(63-50(68)40-38-36-34-32-30-28-26-20-18-16-14-12-10-8-6-4-2)44-76-60-56(74)53(71)58(48(42-65)78-60)81-62-57(75)54(72)59(49(43-66)79-62)80-61-55(73)52(70)51(69)47(41-64)77-61/h45-49,51-62,64-67,69-75H,3-44H2,1-2H3,(H,63,68). The molecular weight excluding hydrogens is 1050 g/mol. The second-order valence-electron chi connectivity index (χ2n) is 23.9. The number of carbonyl (C=O) groups is 1. The highest BCUT2D eigenvalue weighted by Gasteiger charge is 2.53. The summed E-state index contributed by atoms with van der Waals surface area (Å²) >= 11 is 0. The number of unbranched alkanes of at least 4 members (excludes halogenated alkanes) is 34. The second kappa shape index (κ2) is 46.0. The van der Waals surface area contributed by atoms with Crippen molar-refractivity contribution in [3.8, 4) is 0 Å². The van der Waals surface area contributed by atoms with E-state index in [9.17, 15) is 61.0 Å². The van der Waals surface area contributed by atoms with Crippen LogP contribution in [-0.4, -0.2) is 193 Å². The summed E-state index contributed by atoms with van der Waals surface area (Å²) < 4.78 is 34.4. The largest absolute Gasteiger partial charge is 0.394 e. The van der Waals surface area contributed by atoms with Crippen LogP contribution in [-0.2, 0) is 33.2 Å². The van der Waals surface area contributed by atoms with Gasteiger partial charge in [0.2, 0.25) is 5.91 Å². The molecule has 480 valence electrons. The summed E-state index contributed by atoms with van der Waals surface area (Å²) in [6, 6.07) is -0.880. The molecule has 3 aliphatic heterocycles. The van der Waals surface area contributed by atoms with Crippen LogP contribution in [0.4, 0.5) is 0 Å². The summed E-state index contributed by atoms with van der Waals surface area (Å²) in [7, 11) is 0. The number of aliphatic hydroxyl groups is 11. The lowest BCUT2D eigenvalue weighted by molar-refractivity contribution is -0.379. The first kappa shape index (κ1) is 74.0. The van der Waals surface area contributed by atoms with Gasteiger partial charge >= 0.3 is 0 Å². The first-order valence-electron chi connectivity index (χ1n) is 32.8. The summed E-state index contributed by atoms with van der Waals surface area (Å²) in [4.78, 5) is 13.4. The van der Waals surface area contributed by atoms with Crippen molar-refractivity contribution in [1.29, 1.82) is 0 Å². The van der Waals surface area contributed by atoms with Gasteiger partial charge < -0.3 is 89.9 Å². The van der Waals surface area contributed by atoms with Gasteiger partial charge in [-0.25, -0.2) is 0 Å². The highest BCUT2D eigenvalue weighted by molar-refractivity contribution is 5.76. The van der Waals surface area contributed by atoms with Gasteiger partial charge in [-0.2, -0.15) is 0 Å². The number of rotatable bonds is 50. The maximum atomic E-state index is 13.4. The summed E-state index contributed by atoms with van der Waals surface area (Å²) in [5.41, 5.74) is 0. The molecule has 19 heteroatoms. The minimum absolute atomic E-state index is 0.237. The average Bonchev–Trinajstić information content (AvgIpc) is 3.48. The number of nitrogens with one attached hydrogen (secondary N) is 1. The molecule has 0 aliphatic carbocycles. The average molecular weight is 1170 g/mol. The van der Waals surface area contributed by atoms with Crippen molar-refractivity contribution in [2.75, 3.05) is 26.4 Å². The molecule has 3 fully saturated rings. The van der Waals surface area contributed by atoms with Gasteiger partial charge in [0.25, 0.3) is 0 Å². The Balaban J connectivity index is 1.46. The molecule has 17 atom stereocenters. The molecule has 1 amide bonds. The zero-order valence-electron chi connectivity index (χ0n) is 50.3. The van der Waals surface area contributed by atoms with Gasteiger partial charge in [-0.1, -0.05) is 239 Å². The maximum absolute atomic E-state index is 13.4. The van der Waals surface area contributed by atoms with E-state index in [-0.39, 0.29) is 18.9 Å². The van der Waals surface area contributed by atoms with E-state index < -0.39 is 124 Å². The molecular formula is C62H119NO18. The van der Waals surface area contributed by atoms with E-state index in [0.29, 0.717) is 12.8 Å². The van der Waals surface area contributed by atoms with Crippen molar-refractivity contribution in [2.45, 2.75) is 362 Å². The number of aliphatic hydroxyl groups excluding tert-OH is 11. The first-order chi connectivity index (χ1) is 39.3. The third-order valence-electron chi connectivity index (χ3n) is 16.9. The highest BCUT2D eigenvalue weighted by atomic mass is 16.8. The van der Waals surface area contributed by atoms with Crippen LogP contribution < -0.4 is 5.32 Å². The molecule has 0 saturated carbocycles. The molecule has 3 aliphatic rings. The van der Waals surface area contributed by atoms with E-state index >= 15 is 0 Å².